The highest BCUT2D eigenvalue weighted by Crippen LogP contribution is 2.40. The lowest BCUT2D eigenvalue weighted by Crippen LogP contribution is -2.06. The molecule has 1 heterocycles. The Hall–Kier alpha value is -0.930. The van der Waals surface area contributed by atoms with Crippen LogP contribution in [0, 0.1) is 0 Å². The highest BCUT2D eigenvalue weighted by Gasteiger charge is 2.18. The molecular weight excluding hydrogens is 214 g/mol. The molecule has 2 rings (SSSR count). The van der Waals surface area contributed by atoms with Gasteiger partial charge in [-0.25, -0.2) is 0 Å². The molecule has 1 aromatic rings. The van der Waals surface area contributed by atoms with Gasteiger partial charge in [0.15, 0.2) is 11.5 Å². The SMILES string of the molecule is CC(N)c1ccc2c(c1Cl)OCCCO2. The van der Waals surface area contributed by atoms with Crippen molar-refractivity contribution in [3.63, 3.8) is 0 Å². The van der Waals surface area contributed by atoms with Crippen molar-refractivity contribution in [3.8, 4) is 11.5 Å². The first-order chi connectivity index (χ1) is 7.20. The fourth-order valence-corrected chi connectivity index (χ4v) is 1.95. The van der Waals surface area contributed by atoms with Gasteiger partial charge in [-0.3, -0.25) is 0 Å². The molecule has 0 fully saturated rings. The summed E-state index contributed by atoms with van der Waals surface area (Å²) in [6.07, 6.45) is 0.874. The van der Waals surface area contributed by atoms with E-state index in [0.29, 0.717) is 29.7 Å². The minimum Gasteiger partial charge on any atom is -0.490 e. The van der Waals surface area contributed by atoms with E-state index < -0.39 is 0 Å². The topological polar surface area (TPSA) is 44.5 Å². The molecular formula is C11H14ClNO2. The minimum atomic E-state index is -0.102. The first-order valence-electron chi connectivity index (χ1n) is 5.03. The Balaban J connectivity index is 2.46. The van der Waals surface area contributed by atoms with E-state index in [1.807, 2.05) is 19.1 Å². The van der Waals surface area contributed by atoms with E-state index in [0.717, 1.165) is 12.0 Å². The number of halogens is 1. The fraction of sp³-hybridized carbons (Fsp3) is 0.455. The van der Waals surface area contributed by atoms with E-state index in [2.05, 4.69) is 0 Å². The van der Waals surface area contributed by atoms with Gasteiger partial charge in [-0.15, -0.1) is 0 Å². The minimum absolute atomic E-state index is 0.102. The quantitative estimate of drug-likeness (QED) is 0.802. The first kappa shape index (κ1) is 10.6. The second-order valence-electron chi connectivity index (χ2n) is 3.64. The van der Waals surface area contributed by atoms with Gasteiger partial charge in [0.2, 0.25) is 0 Å². The zero-order valence-corrected chi connectivity index (χ0v) is 9.38. The monoisotopic (exact) mass is 227 g/mol. The van der Waals surface area contributed by atoms with Crippen molar-refractivity contribution < 1.29 is 9.47 Å². The first-order valence-corrected chi connectivity index (χ1v) is 5.41. The average Bonchev–Trinajstić information content (AvgIpc) is 2.43. The van der Waals surface area contributed by atoms with Gasteiger partial charge >= 0.3 is 0 Å². The molecule has 15 heavy (non-hydrogen) atoms. The van der Waals surface area contributed by atoms with Gasteiger partial charge in [0.1, 0.15) is 0 Å². The smallest absolute Gasteiger partial charge is 0.180 e. The summed E-state index contributed by atoms with van der Waals surface area (Å²) in [6.45, 7) is 3.20. The summed E-state index contributed by atoms with van der Waals surface area (Å²) >= 11 is 6.21. The van der Waals surface area contributed by atoms with E-state index in [1.165, 1.54) is 0 Å². The van der Waals surface area contributed by atoms with Crippen LogP contribution >= 0.6 is 11.6 Å². The number of hydrogen-bond donors (Lipinski definition) is 1. The Labute approximate surface area is 94.1 Å². The van der Waals surface area contributed by atoms with Gasteiger partial charge in [0.25, 0.3) is 0 Å². The van der Waals surface area contributed by atoms with Crippen LogP contribution in [0.4, 0.5) is 0 Å². The van der Waals surface area contributed by atoms with Gasteiger partial charge in [-0.05, 0) is 18.6 Å². The van der Waals surface area contributed by atoms with E-state index in [4.69, 9.17) is 26.8 Å². The van der Waals surface area contributed by atoms with E-state index >= 15 is 0 Å². The van der Waals surface area contributed by atoms with Crippen LogP contribution in [0.15, 0.2) is 12.1 Å². The number of fused-ring (bicyclic) bond motifs is 1. The molecule has 0 radical (unpaired) electrons. The molecule has 0 saturated heterocycles. The highest BCUT2D eigenvalue weighted by atomic mass is 35.5. The molecule has 1 aliphatic heterocycles. The summed E-state index contributed by atoms with van der Waals surface area (Å²) in [7, 11) is 0. The lowest BCUT2D eigenvalue weighted by atomic mass is 10.1. The average molecular weight is 228 g/mol. The van der Waals surface area contributed by atoms with Gasteiger partial charge in [-0.1, -0.05) is 17.7 Å². The van der Waals surface area contributed by atoms with Crippen molar-refractivity contribution in [1.82, 2.24) is 0 Å². The second-order valence-corrected chi connectivity index (χ2v) is 4.01. The van der Waals surface area contributed by atoms with Gasteiger partial charge in [0, 0.05) is 12.5 Å². The summed E-state index contributed by atoms with van der Waals surface area (Å²) in [5.41, 5.74) is 6.70. The molecule has 0 aliphatic carbocycles. The number of benzene rings is 1. The third-order valence-electron chi connectivity index (χ3n) is 2.37. The Bertz CT molecular complexity index is 366. The van der Waals surface area contributed by atoms with Gasteiger partial charge < -0.3 is 15.2 Å². The third kappa shape index (κ3) is 2.03. The summed E-state index contributed by atoms with van der Waals surface area (Å²) in [5.74, 6) is 1.34. The fourth-order valence-electron chi connectivity index (χ4n) is 1.57. The normalized spacial score (nSPS) is 17.0. The van der Waals surface area contributed by atoms with Crippen LogP contribution in [0.2, 0.25) is 5.02 Å². The predicted molar refractivity (Wildman–Crippen MR) is 59.7 cm³/mol. The molecule has 0 bridgehead atoms. The molecule has 0 amide bonds. The van der Waals surface area contributed by atoms with E-state index in [-0.39, 0.29) is 6.04 Å². The summed E-state index contributed by atoms with van der Waals surface area (Å²) in [5, 5.41) is 0.574. The zero-order chi connectivity index (χ0) is 10.8. The molecule has 3 nitrogen and oxygen atoms in total. The third-order valence-corrected chi connectivity index (χ3v) is 2.76. The van der Waals surface area contributed by atoms with Crippen LogP contribution in [0.25, 0.3) is 0 Å². The molecule has 1 aromatic carbocycles. The number of nitrogens with two attached hydrogens (primary N) is 1. The van der Waals surface area contributed by atoms with Crippen LogP contribution in [-0.2, 0) is 0 Å². The van der Waals surface area contributed by atoms with Crippen LogP contribution in [-0.4, -0.2) is 13.2 Å². The van der Waals surface area contributed by atoms with Gasteiger partial charge in [-0.2, -0.15) is 0 Å². The number of rotatable bonds is 1. The number of ether oxygens (including phenoxy) is 2. The lowest BCUT2D eigenvalue weighted by molar-refractivity contribution is 0.297. The Morgan fingerprint density at radius 1 is 1.33 bits per heavy atom. The largest absolute Gasteiger partial charge is 0.490 e. The molecule has 0 saturated carbocycles. The molecule has 1 unspecified atom stereocenters. The van der Waals surface area contributed by atoms with Crippen molar-refractivity contribution in [1.29, 1.82) is 0 Å². The molecule has 82 valence electrons. The van der Waals surface area contributed by atoms with Crippen LogP contribution in [0.3, 0.4) is 0 Å². The second kappa shape index (κ2) is 4.29. The maximum Gasteiger partial charge on any atom is 0.180 e. The highest BCUT2D eigenvalue weighted by molar-refractivity contribution is 6.33. The van der Waals surface area contributed by atoms with E-state index in [1.54, 1.807) is 0 Å². The Morgan fingerprint density at radius 3 is 2.80 bits per heavy atom. The maximum absolute atomic E-state index is 6.21. The molecule has 1 aliphatic rings. The van der Waals surface area contributed by atoms with Crippen LogP contribution < -0.4 is 15.2 Å². The summed E-state index contributed by atoms with van der Waals surface area (Å²) in [4.78, 5) is 0. The molecule has 2 N–H and O–H groups in total. The Morgan fingerprint density at radius 2 is 2.07 bits per heavy atom. The van der Waals surface area contributed by atoms with Crippen molar-refractivity contribution in [3.05, 3.63) is 22.7 Å². The Kier molecular flexibility index (Phi) is 3.03. The summed E-state index contributed by atoms with van der Waals surface area (Å²) in [6, 6.07) is 3.65. The van der Waals surface area contributed by atoms with Crippen LogP contribution in [0.5, 0.6) is 11.5 Å². The lowest BCUT2D eigenvalue weighted by Gasteiger charge is -2.14. The molecule has 1 atom stereocenters. The standard InChI is InChI=1S/C11H14ClNO2/c1-7(13)8-3-4-9-11(10(8)12)15-6-2-5-14-9/h3-4,7H,2,5-6,13H2,1H3. The summed E-state index contributed by atoms with van der Waals surface area (Å²) < 4.78 is 11.1. The van der Waals surface area contributed by atoms with Crippen LogP contribution in [0.1, 0.15) is 24.9 Å². The van der Waals surface area contributed by atoms with Gasteiger partial charge in [0.05, 0.1) is 18.2 Å². The van der Waals surface area contributed by atoms with Crippen molar-refractivity contribution in [2.45, 2.75) is 19.4 Å². The van der Waals surface area contributed by atoms with E-state index in [9.17, 15) is 0 Å². The molecule has 0 spiro atoms. The van der Waals surface area contributed by atoms with Crippen molar-refractivity contribution >= 4 is 11.6 Å². The number of hydrogen-bond acceptors (Lipinski definition) is 3. The molecule has 0 aromatic heterocycles. The maximum atomic E-state index is 6.21. The van der Waals surface area contributed by atoms with Crippen molar-refractivity contribution in [2.75, 3.05) is 13.2 Å². The van der Waals surface area contributed by atoms with Crippen molar-refractivity contribution in [2.24, 2.45) is 5.73 Å². The predicted octanol–water partition coefficient (Wildman–Crippen LogP) is 2.52. The zero-order valence-electron chi connectivity index (χ0n) is 8.63. The molecule has 4 heteroatoms.